The monoisotopic (exact) mass is 375 g/mol. The largest absolute Gasteiger partial charge is 0.416 e. The number of sulfonamides is 1. The van der Waals surface area contributed by atoms with E-state index in [0.717, 1.165) is 12.1 Å². The Morgan fingerprint density at radius 2 is 1.64 bits per heavy atom. The zero-order chi connectivity index (χ0) is 18.7. The summed E-state index contributed by atoms with van der Waals surface area (Å²) in [6.07, 6.45) is -4.51. The molecular formula is C16H10F5NO2S. The third-order valence-electron chi connectivity index (χ3n) is 2.92. The van der Waals surface area contributed by atoms with E-state index in [1.807, 2.05) is 4.72 Å². The van der Waals surface area contributed by atoms with Crippen LogP contribution in [-0.4, -0.2) is 15.0 Å². The highest BCUT2D eigenvalue weighted by molar-refractivity contribution is 7.89. The predicted octanol–water partition coefficient (Wildman–Crippen LogP) is 3.31. The average Bonchev–Trinajstić information content (AvgIpc) is 2.50. The lowest BCUT2D eigenvalue weighted by molar-refractivity contribution is -0.137. The Hall–Kier alpha value is -2.44. The summed E-state index contributed by atoms with van der Waals surface area (Å²) in [5, 5.41) is 0. The van der Waals surface area contributed by atoms with Gasteiger partial charge in [-0.1, -0.05) is 17.9 Å². The van der Waals surface area contributed by atoms with Crippen LogP contribution in [-0.2, 0) is 16.2 Å². The molecule has 3 nitrogen and oxygen atoms in total. The molecule has 0 aromatic heterocycles. The van der Waals surface area contributed by atoms with Gasteiger partial charge in [0.15, 0.2) is 0 Å². The van der Waals surface area contributed by atoms with E-state index in [9.17, 15) is 30.4 Å². The Bertz CT molecular complexity index is 923. The molecule has 0 aliphatic heterocycles. The van der Waals surface area contributed by atoms with Gasteiger partial charge in [-0.15, -0.1) is 0 Å². The lowest BCUT2D eigenvalue weighted by atomic mass is 10.1. The predicted molar refractivity (Wildman–Crippen MR) is 79.9 cm³/mol. The number of hydrogen-bond acceptors (Lipinski definition) is 2. The van der Waals surface area contributed by atoms with E-state index in [4.69, 9.17) is 0 Å². The van der Waals surface area contributed by atoms with Gasteiger partial charge in [0.05, 0.1) is 17.0 Å². The lowest BCUT2D eigenvalue weighted by Crippen LogP contribution is -2.24. The van der Waals surface area contributed by atoms with Crippen LogP contribution in [0.25, 0.3) is 0 Å². The second kappa shape index (κ2) is 7.21. The zero-order valence-corrected chi connectivity index (χ0v) is 13.2. The van der Waals surface area contributed by atoms with Crippen molar-refractivity contribution in [2.24, 2.45) is 0 Å². The maximum absolute atomic E-state index is 13.1. The molecule has 0 saturated heterocycles. The van der Waals surface area contributed by atoms with E-state index in [1.165, 1.54) is 12.1 Å². The van der Waals surface area contributed by atoms with E-state index in [2.05, 4.69) is 11.8 Å². The minimum atomic E-state index is -4.51. The fourth-order valence-electron chi connectivity index (χ4n) is 1.82. The van der Waals surface area contributed by atoms with Crippen LogP contribution >= 0.6 is 0 Å². The van der Waals surface area contributed by atoms with Gasteiger partial charge in [0.25, 0.3) is 0 Å². The van der Waals surface area contributed by atoms with Gasteiger partial charge in [0, 0.05) is 11.6 Å². The van der Waals surface area contributed by atoms with Crippen molar-refractivity contribution in [3.63, 3.8) is 0 Å². The highest BCUT2D eigenvalue weighted by atomic mass is 32.2. The molecule has 132 valence electrons. The van der Waals surface area contributed by atoms with E-state index in [0.29, 0.717) is 18.2 Å². The molecule has 0 fully saturated rings. The van der Waals surface area contributed by atoms with E-state index in [-0.39, 0.29) is 5.56 Å². The molecule has 0 aliphatic rings. The summed E-state index contributed by atoms with van der Waals surface area (Å²) in [5.74, 6) is 2.60. The first-order valence-electron chi connectivity index (χ1n) is 6.70. The Balaban J connectivity index is 2.10. The normalized spacial score (nSPS) is 11.7. The zero-order valence-electron chi connectivity index (χ0n) is 12.4. The molecule has 0 saturated carbocycles. The molecule has 2 aromatic carbocycles. The topological polar surface area (TPSA) is 46.2 Å². The number of hydrogen-bond donors (Lipinski definition) is 1. The van der Waals surface area contributed by atoms with Crippen molar-refractivity contribution in [1.82, 2.24) is 4.72 Å². The minimum Gasteiger partial charge on any atom is -0.207 e. The maximum Gasteiger partial charge on any atom is 0.416 e. The summed E-state index contributed by atoms with van der Waals surface area (Å²) >= 11 is 0. The van der Waals surface area contributed by atoms with Gasteiger partial charge in [-0.3, -0.25) is 0 Å². The second-order valence-corrected chi connectivity index (χ2v) is 6.58. The van der Waals surface area contributed by atoms with Crippen LogP contribution in [0.1, 0.15) is 11.1 Å². The molecule has 0 heterocycles. The number of rotatable bonds is 3. The van der Waals surface area contributed by atoms with Crippen LogP contribution in [0.4, 0.5) is 22.0 Å². The van der Waals surface area contributed by atoms with Crippen LogP contribution < -0.4 is 4.72 Å². The van der Waals surface area contributed by atoms with Crippen molar-refractivity contribution in [3.8, 4) is 11.8 Å². The Morgan fingerprint density at radius 1 is 1.00 bits per heavy atom. The first-order valence-corrected chi connectivity index (χ1v) is 8.18. The molecule has 25 heavy (non-hydrogen) atoms. The van der Waals surface area contributed by atoms with Crippen LogP contribution in [0.3, 0.4) is 0 Å². The lowest BCUT2D eigenvalue weighted by Gasteiger charge is -2.06. The molecular weight excluding hydrogens is 365 g/mol. The summed E-state index contributed by atoms with van der Waals surface area (Å²) < 4.78 is 89.5. The number of benzene rings is 2. The fourth-order valence-corrected chi connectivity index (χ4v) is 2.78. The van der Waals surface area contributed by atoms with E-state index >= 15 is 0 Å². The van der Waals surface area contributed by atoms with Crippen LogP contribution in [0.5, 0.6) is 0 Å². The van der Waals surface area contributed by atoms with Gasteiger partial charge in [-0.2, -0.15) is 17.9 Å². The van der Waals surface area contributed by atoms with Crippen LogP contribution in [0.2, 0.25) is 0 Å². The molecule has 2 rings (SSSR count). The van der Waals surface area contributed by atoms with Crippen molar-refractivity contribution in [2.45, 2.75) is 11.1 Å². The number of nitrogens with one attached hydrogen (secondary N) is 1. The van der Waals surface area contributed by atoms with Gasteiger partial charge in [0.1, 0.15) is 11.6 Å². The van der Waals surface area contributed by atoms with E-state index < -0.39 is 44.8 Å². The highest BCUT2D eigenvalue weighted by Crippen LogP contribution is 2.29. The highest BCUT2D eigenvalue weighted by Gasteiger charge is 2.30. The van der Waals surface area contributed by atoms with Crippen molar-refractivity contribution >= 4 is 10.0 Å². The number of halogens is 5. The molecule has 2 aromatic rings. The van der Waals surface area contributed by atoms with Crippen molar-refractivity contribution in [2.75, 3.05) is 6.54 Å². The summed E-state index contributed by atoms with van der Waals surface area (Å²) in [4.78, 5) is -0.620. The molecule has 0 unspecified atom stereocenters. The summed E-state index contributed by atoms with van der Waals surface area (Å²) in [5.41, 5.74) is -0.832. The van der Waals surface area contributed by atoms with E-state index in [1.54, 1.807) is 0 Å². The fraction of sp³-hybridized carbons (Fsp3) is 0.125. The number of alkyl halides is 3. The molecule has 9 heteroatoms. The Kier molecular flexibility index (Phi) is 5.45. The van der Waals surface area contributed by atoms with Crippen LogP contribution in [0.15, 0.2) is 47.4 Å². The van der Waals surface area contributed by atoms with Crippen molar-refractivity contribution in [3.05, 3.63) is 65.2 Å². The van der Waals surface area contributed by atoms with Gasteiger partial charge < -0.3 is 0 Å². The van der Waals surface area contributed by atoms with Gasteiger partial charge in [0.2, 0.25) is 10.0 Å². The SMILES string of the molecule is O=S(=O)(NCC#Cc1cccc(C(F)(F)F)c1)c1cc(F)cc(F)c1. The maximum atomic E-state index is 13.1. The average molecular weight is 375 g/mol. The third kappa shape index (κ3) is 5.27. The first-order chi connectivity index (χ1) is 11.6. The van der Waals surface area contributed by atoms with Crippen molar-refractivity contribution in [1.29, 1.82) is 0 Å². The Morgan fingerprint density at radius 3 is 2.24 bits per heavy atom. The van der Waals surface area contributed by atoms with Crippen LogP contribution in [0, 0.1) is 23.5 Å². The molecule has 0 amide bonds. The molecule has 1 N–H and O–H groups in total. The van der Waals surface area contributed by atoms with Gasteiger partial charge in [-0.25, -0.2) is 17.2 Å². The first kappa shape index (κ1) is 18.9. The smallest absolute Gasteiger partial charge is 0.207 e. The minimum absolute atomic E-state index is 0.0471. The molecule has 0 spiro atoms. The Labute approximate surface area is 140 Å². The summed E-state index contributed by atoms with van der Waals surface area (Å²) in [6.45, 7) is -0.448. The molecule has 0 bridgehead atoms. The molecule has 0 radical (unpaired) electrons. The standard InChI is InChI=1S/C16H10F5NO2S/c17-13-8-14(18)10-15(9-13)25(23,24)22-6-2-4-11-3-1-5-12(7-11)16(19,20)21/h1,3,5,7-10,22H,6H2. The summed E-state index contributed by atoms with van der Waals surface area (Å²) in [7, 11) is -4.20. The third-order valence-corrected chi connectivity index (χ3v) is 4.30. The molecule has 0 aliphatic carbocycles. The summed E-state index contributed by atoms with van der Waals surface area (Å²) in [6, 6.07) is 5.99. The van der Waals surface area contributed by atoms with Crippen molar-refractivity contribution < 1.29 is 30.4 Å². The molecule has 0 atom stereocenters. The second-order valence-electron chi connectivity index (χ2n) is 4.81. The quantitative estimate of drug-likeness (QED) is 0.661. The van der Waals surface area contributed by atoms with Gasteiger partial charge in [-0.05, 0) is 30.3 Å². The van der Waals surface area contributed by atoms with Gasteiger partial charge >= 0.3 is 6.18 Å².